The Bertz CT molecular complexity index is 754. The molecule has 0 fully saturated rings. The lowest BCUT2D eigenvalue weighted by molar-refractivity contribution is -0.133. The summed E-state index contributed by atoms with van der Waals surface area (Å²) in [5.41, 5.74) is 3.72. The molecule has 124 valence electrons. The third-order valence-electron chi connectivity index (χ3n) is 4.13. The maximum Gasteiger partial charge on any atom is 0.243 e. The molecule has 1 N–H and O–H groups in total. The van der Waals surface area contributed by atoms with E-state index in [0.717, 1.165) is 22.4 Å². The number of β-amino-alcohol motifs (C(OH)–C–C–N with tert-alkyl or cyclic N) is 1. The van der Waals surface area contributed by atoms with Gasteiger partial charge in [0.05, 0.1) is 18.9 Å². The van der Waals surface area contributed by atoms with Crippen LogP contribution in [0.25, 0.3) is 11.1 Å². The van der Waals surface area contributed by atoms with Crippen molar-refractivity contribution in [2.75, 3.05) is 13.2 Å². The van der Waals surface area contributed by atoms with Crippen LogP contribution in [0, 0.1) is 11.7 Å². The quantitative estimate of drug-likeness (QED) is 0.939. The highest BCUT2D eigenvalue weighted by Crippen LogP contribution is 2.24. The maximum atomic E-state index is 13.0. The molecule has 24 heavy (non-hydrogen) atoms. The second-order valence-electron chi connectivity index (χ2n) is 5.92. The number of nitrogens with zero attached hydrogens (tertiary/aromatic N) is 2. The van der Waals surface area contributed by atoms with E-state index in [0.29, 0.717) is 6.42 Å². The van der Waals surface area contributed by atoms with Crippen LogP contribution in [0.1, 0.15) is 18.9 Å². The monoisotopic (exact) mass is 326 g/mol. The van der Waals surface area contributed by atoms with Crippen LogP contribution >= 0.6 is 0 Å². The van der Waals surface area contributed by atoms with E-state index in [1.54, 1.807) is 12.1 Å². The van der Waals surface area contributed by atoms with Crippen molar-refractivity contribution in [3.8, 4) is 11.1 Å². The molecular weight excluding hydrogens is 307 g/mol. The highest BCUT2D eigenvalue weighted by Gasteiger charge is 2.26. The normalized spacial score (nSPS) is 17.8. The number of hydrogen-bond acceptors (Lipinski definition) is 3. The minimum Gasteiger partial charge on any atom is -0.394 e. The number of carbonyl (C=O) groups excluding carboxylic acids is 1. The molecule has 1 unspecified atom stereocenters. The minimum atomic E-state index is -0.255. The number of aliphatic hydroxyl groups excluding tert-OH is 1. The summed E-state index contributed by atoms with van der Waals surface area (Å²) in [7, 11) is 0. The molecule has 1 atom stereocenters. The van der Waals surface area contributed by atoms with Gasteiger partial charge < -0.3 is 5.11 Å². The fraction of sp³-hybridized carbons (Fsp3) is 0.263. The van der Waals surface area contributed by atoms with Crippen molar-refractivity contribution in [3.05, 3.63) is 59.9 Å². The van der Waals surface area contributed by atoms with Crippen molar-refractivity contribution in [1.82, 2.24) is 5.01 Å². The Hall–Kier alpha value is -2.53. The lowest BCUT2D eigenvalue weighted by Crippen LogP contribution is -2.37. The molecule has 0 saturated carbocycles. The average Bonchev–Trinajstić information content (AvgIpc) is 2.58. The second kappa shape index (κ2) is 6.93. The van der Waals surface area contributed by atoms with Gasteiger partial charge in [-0.3, -0.25) is 4.79 Å². The van der Waals surface area contributed by atoms with Gasteiger partial charge in [-0.15, -0.1) is 0 Å². The minimum absolute atomic E-state index is 0.0316. The summed E-state index contributed by atoms with van der Waals surface area (Å²) in [6, 6.07) is 14.2. The van der Waals surface area contributed by atoms with Crippen LogP contribution in [0.5, 0.6) is 0 Å². The molecule has 1 amide bonds. The van der Waals surface area contributed by atoms with E-state index in [4.69, 9.17) is 5.11 Å². The molecule has 0 spiro atoms. The average molecular weight is 326 g/mol. The molecule has 3 rings (SSSR count). The van der Waals surface area contributed by atoms with E-state index in [1.807, 2.05) is 31.2 Å². The van der Waals surface area contributed by atoms with Crippen LogP contribution < -0.4 is 0 Å². The topological polar surface area (TPSA) is 52.9 Å². The highest BCUT2D eigenvalue weighted by atomic mass is 19.1. The summed E-state index contributed by atoms with van der Waals surface area (Å²) in [4.78, 5) is 11.9. The molecule has 1 aliphatic rings. The van der Waals surface area contributed by atoms with Gasteiger partial charge in [-0.2, -0.15) is 5.10 Å². The third-order valence-corrected chi connectivity index (χ3v) is 4.13. The zero-order valence-corrected chi connectivity index (χ0v) is 13.4. The van der Waals surface area contributed by atoms with Crippen molar-refractivity contribution < 1.29 is 14.3 Å². The first-order valence-corrected chi connectivity index (χ1v) is 7.94. The van der Waals surface area contributed by atoms with Crippen LogP contribution in [-0.4, -0.2) is 34.9 Å². The van der Waals surface area contributed by atoms with E-state index >= 15 is 0 Å². The number of amides is 1. The third kappa shape index (κ3) is 3.36. The lowest BCUT2D eigenvalue weighted by atomic mass is 9.92. The summed E-state index contributed by atoms with van der Waals surface area (Å²) in [5, 5.41) is 14.8. The second-order valence-corrected chi connectivity index (χ2v) is 5.92. The zero-order valence-electron chi connectivity index (χ0n) is 13.4. The number of aliphatic hydroxyl groups is 1. The van der Waals surface area contributed by atoms with Crippen molar-refractivity contribution in [2.24, 2.45) is 11.0 Å². The Morgan fingerprint density at radius 3 is 2.21 bits per heavy atom. The van der Waals surface area contributed by atoms with E-state index < -0.39 is 0 Å². The standard InChI is InChI=1S/C19H19FN2O2/c1-13-12-18(24)22(10-11-23)21-19(13)16-4-2-14(3-5-16)15-6-8-17(20)9-7-15/h2-9,13,23H,10-12H2,1H3. The molecular formula is C19H19FN2O2. The molecule has 5 heteroatoms. The molecule has 2 aromatic carbocycles. The molecule has 0 bridgehead atoms. The summed E-state index contributed by atoms with van der Waals surface area (Å²) in [6.07, 6.45) is 0.387. The Morgan fingerprint density at radius 1 is 1.08 bits per heavy atom. The molecule has 4 nitrogen and oxygen atoms in total. The van der Waals surface area contributed by atoms with Gasteiger partial charge in [-0.05, 0) is 28.8 Å². The van der Waals surface area contributed by atoms with E-state index in [1.165, 1.54) is 17.1 Å². The highest BCUT2D eigenvalue weighted by molar-refractivity contribution is 6.05. The van der Waals surface area contributed by atoms with E-state index in [9.17, 15) is 9.18 Å². The van der Waals surface area contributed by atoms with Crippen LogP contribution in [0.3, 0.4) is 0 Å². The van der Waals surface area contributed by atoms with Gasteiger partial charge in [0, 0.05) is 12.3 Å². The maximum absolute atomic E-state index is 13.0. The summed E-state index contributed by atoms with van der Waals surface area (Å²) >= 11 is 0. The van der Waals surface area contributed by atoms with E-state index in [-0.39, 0.29) is 30.8 Å². The van der Waals surface area contributed by atoms with Crippen molar-refractivity contribution in [3.63, 3.8) is 0 Å². The number of carbonyl (C=O) groups is 1. The Labute approximate surface area is 140 Å². The number of rotatable bonds is 4. The van der Waals surface area contributed by atoms with Crippen molar-refractivity contribution >= 4 is 11.6 Å². The van der Waals surface area contributed by atoms with Crippen molar-refractivity contribution in [1.29, 1.82) is 0 Å². The Morgan fingerprint density at radius 2 is 1.62 bits per heavy atom. The summed E-state index contributed by atoms with van der Waals surface area (Å²) in [6.45, 7) is 2.07. The van der Waals surface area contributed by atoms with Gasteiger partial charge in [-0.25, -0.2) is 9.40 Å². The number of halogens is 1. The van der Waals surface area contributed by atoms with Gasteiger partial charge >= 0.3 is 0 Å². The molecule has 0 radical (unpaired) electrons. The molecule has 1 heterocycles. The Kier molecular flexibility index (Phi) is 4.71. The summed E-state index contributed by atoms with van der Waals surface area (Å²) < 4.78 is 13.0. The molecule has 1 aliphatic heterocycles. The first-order chi connectivity index (χ1) is 11.6. The van der Waals surface area contributed by atoms with Gasteiger partial charge in [0.2, 0.25) is 5.91 Å². The first kappa shape index (κ1) is 16.3. The molecule has 2 aromatic rings. The Balaban J connectivity index is 1.88. The largest absolute Gasteiger partial charge is 0.394 e. The van der Waals surface area contributed by atoms with Crippen LogP contribution in [0.15, 0.2) is 53.6 Å². The van der Waals surface area contributed by atoms with Crippen LogP contribution in [0.2, 0.25) is 0 Å². The fourth-order valence-electron chi connectivity index (χ4n) is 2.84. The predicted octanol–water partition coefficient (Wildman–Crippen LogP) is 3.06. The van der Waals surface area contributed by atoms with Crippen LogP contribution in [-0.2, 0) is 4.79 Å². The number of hydrogen-bond donors (Lipinski definition) is 1. The zero-order chi connectivity index (χ0) is 17.1. The fourth-order valence-corrected chi connectivity index (χ4v) is 2.84. The smallest absolute Gasteiger partial charge is 0.243 e. The van der Waals surface area contributed by atoms with Gasteiger partial charge in [-0.1, -0.05) is 43.3 Å². The SMILES string of the molecule is CC1CC(=O)N(CCO)N=C1c1ccc(-c2ccc(F)cc2)cc1. The lowest BCUT2D eigenvalue weighted by Gasteiger charge is -2.27. The molecule has 0 saturated heterocycles. The van der Waals surface area contributed by atoms with Gasteiger partial charge in [0.25, 0.3) is 0 Å². The first-order valence-electron chi connectivity index (χ1n) is 7.94. The van der Waals surface area contributed by atoms with Gasteiger partial charge in [0.15, 0.2) is 0 Å². The number of hydrazone groups is 1. The van der Waals surface area contributed by atoms with Gasteiger partial charge in [0.1, 0.15) is 5.82 Å². The van der Waals surface area contributed by atoms with Crippen molar-refractivity contribution in [2.45, 2.75) is 13.3 Å². The van der Waals surface area contributed by atoms with E-state index in [2.05, 4.69) is 5.10 Å². The molecule has 0 aliphatic carbocycles. The molecule has 0 aromatic heterocycles. The predicted molar refractivity (Wildman–Crippen MR) is 91.0 cm³/mol. The summed E-state index contributed by atoms with van der Waals surface area (Å²) in [5.74, 6) is -0.290. The number of benzene rings is 2. The van der Waals surface area contributed by atoms with Crippen LogP contribution in [0.4, 0.5) is 4.39 Å².